The topological polar surface area (TPSA) is 83.1 Å². The van der Waals surface area contributed by atoms with E-state index >= 15 is 0 Å². The summed E-state index contributed by atoms with van der Waals surface area (Å²) in [5, 5.41) is 11.0. The van der Waals surface area contributed by atoms with Gasteiger partial charge in [-0.1, -0.05) is 12.1 Å². The average molecular weight is 352 g/mol. The molecule has 2 aromatic heterocycles. The second-order valence-electron chi connectivity index (χ2n) is 6.63. The number of imidazole rings is 1. The van der Waals surface area contributed by atoms with Crippen LogP contribution in [0, 0.1) is 16.0 Å². The van der Waals surface area contributed by atoms with E-state index in [1.165, 1.54) is 25.1 Å². The molecule has 1 aliphatic carbocycles. The van der Waals surface area contributed by atoms with E-state index in [0.717, 1.165) is 29.3 Å². The van der Waals surface area contributed by atoms with Gasteiger partial charge in [-0.15, -0.1) is 0 Å². The summed E-state index contributed by atoms with van der Waals surface area (Å²) >= 11 is 0. The number of nitrogens with zero attached hydrogens (tertiary/aromatic N) is 4. The van der Waals surface area contributed by atoms with Crippen molar-refractivity contribution in [3.8, 4) is 5.75 Å². The lowest BCUT2D eigenvalue weighted by Crippen LogP contribution is -2.07. The van der Waals surface area contributed by atoms with Gasteiger partial charge in [-0.05, 0) is 43.4 Å². The molecule has 0 unspecified atom stereocenters. The summed E-state index contributed by atoms with van der Waals surface area (Å²) in [6.45, 7) is 3.47. The molecule has 4 rings (SSSR count). The first-order valence-electron chi connectivity index (χ1n) is 8.85. The lowest BCUT2D eigenvalue weighted by molar-refractivity contribution is -0.385. The van der Waals surface area contributed by atoms with Crippen molar-refractivity contribution in [2.75, 3.05) is 6.61 Å². The molecule has 7 heteroatoms. The zero-order valence-electron chi connectivity index (χ0n) is 14.6. The molecule has 0 atom stereocenters. The van der Waals surface area contributed by atoms with E-state index in [1.54, 1.807) is 0 Å². The number of pyridine rings is 1. The van der Waals surface area contributed by atoms with Gasteiger partial charge in [0.05, 0.1) is 11.5 Å². The Kier molecular flexibility index (Phi) is 4.28. The maximum Gasteiger partial charge on any atom is 0.289 e. The van der Waals surface area contributed by atoms with E-state index in [0.29, 0.717) is 24.5 Å². The second kappa shape index (κ2) is 6.74. The third kappa shape index (κ3) is 3.37. The van der Waals surface area contributed by atoms with E-state index in [-0.39, 0.29) is 5.69 Å². The van der Waals surface area contributed by atoms with Crippen LogP contribution in [0.1, 0.15) is 31.2 Å². The van der Waals surface area contributed by atoms with Crippen LogP contribution in [0.3, 0.4) is 0 Å². The molecule has 0 spiro atoms. The Morgan fingerprint density at radius 1 is 1.31 bits per heavy atom. The molecule has 134 valence electrons. The summed E-state index contributed by atoms with van der Waals surface area (Å²) in [6, 6.07) is 9.47. The minimum Gasteiger partial charge on any atom is -0.494 e. The molecule has 0 aliphatic heterocycles. The number of aromatic nitrogens is 3. The average Bonchev–Trinajstić information content (AvgIpc) is 3.39. The quantitative estimate of drug-likeness (QED) is 0.478. The van der Waals surface area contributed by atoms with Gasteiger partial charge in [0.15, 0.2) is 5.65 Å². The summed E-state index contributed by atoms with van der Waals surface area (Å²) in [7, 11) is 0. The largest absolute Gasteiger partial charge is 0.494 e. The van der Waals surface area contributed by atoms with E-state index < -0.39 is 4.92 Å². The number of rotatable bonds is 7. The highest BCUT2D eigenvalue weighted by Gasteiger charge is 2.25. The van der Waals surface area contributed by atoms with Gasteiger partial charge in [-0.25, -0.2) is 9.97 Å². The van der Waals surface area contributed by atoms with Gasteiger partial charge in [-0.2, -0.15) is 0 Å². The predicted molar refractivity (Wildman–Crippen MR) is 97.3 cm³/mol. The van der Waals surface area contributed by atoms with Crippen molar-refractivity contribution in [2.24, 2.45) is 5.92 Å². The molecule has 26 heavy (non-hydrogen) atoms. The SMILES string of the molecule is CCOc1ccc(Cc2nc3cc([N+](=O)[O-])cnc3n2CC2CC2)cc1. The van der Waals surface area contributed by atoms with Gasteiger partial charge in [0.25, 0.3) is 5.69 Å². The maximum atomic E-state index is 11.0. The van der Waals surface area contributed by atoms with E-state index in [4.69, 9.17) is 4.74 Å². The van der Waals surface area contributed by atoms with Crippen LogP contribution in [-0.4, -0.2) is 26.1 Å². The van der Waals surface area contributed by atoms with Gasteiger partial charge in [-0.3, -0.25) is 10.1 Å². The molecular weight excluding hydrogens is 332 g/mol. The van der Waals surface area contributed by atoms with E-state index in [2.05, 4.69) is 14.5 Å². The Labute approximate surface area is 150 Å². The van der Waals surface area contributed by atoms with Crippen LogP contribution < -0.4 is 4.74 Å². The molecule has 1 saturated carbocycles. The van der Waals surface area contributed by atoms with Crippen molar-refractivity contribution in [3.63, 3.8) is 0 Å². The summed E-state index contributed by atoms with van der Waals surface area (Å²) in [5.41, 5.74) is 2.40. The fourth-order valence-corrected chi connectivity index (χ4v) is 3.09. The molecule has 1 aliphatic rings. The highest BCUT2D eigenvalue weighted by Crippen LogP contribution is 2.33. The van der Waals surface area contributed by atoms with Crippen LogP contribution >= 0.6 is 0 Å². The molecule has 0 amide bonds. The summed E-state index contributed by atoms with van der Waals surface area (Å²) in [4.78, 5) is 19.6. The van der Waals surface area contributed by atoms with Crippen molar-refractivity contribution in [1.29, 1.82) is 0 Å². The molecule has 0 radical (unpaired) electrons. The fourth-order valence-electron chi connectivity index (χ4n) is 3.09. The Bertz CT molecular complexity index is 945. The second-order valence-corrected chi connectivity index (χ2v) is 6.63. The minimum absolute atomic E-state index is 0.0267. The van der Waals surface area contributed by atoms with Gasteiger partial charge in [0, 0.05) is 19.0 Å². The number of ether oxygens (including phenoxy) is 1. The monoisotopic (exact) mass is 352 g/mol. The van der Waals surface area contributed by atoms with Crippen LogP contribution in [0.2, 0.25) is 0 Å². The molecule has 1 aromatic carbocycles. The molecule has 0 bridgehead atoms. The van der Waals surface area contributed by atoms with E-state index in [1.807, 2.05) is 31.2 Å². The summed E-state index contributed by atoms with van der Waals surface area (Å²) < 4.78 is 7.60. The first kappa shape index (κ1) is 16.5. The third-order valence-corrected chi connectivity index (χ3v) is 4.59. The molecule has 0 saturated heterocycles. The molecule has 7 nitrogen and oxygen atoms in total. The number of hydrogen-bond donors (Lipinski definition) is 0. The fraction of sp³-hybridized carbons (Fsp3) is 0.368. The van der Waals surface area contributed by atoms with Gasteiger partial charge < -0.3 is 9.30 Å². The van der Waals surface area contributed by atoms with Crippen LogP contribution in [-0.2, 0) is 13.0 Å². The van der Waals surface area contributed by atoms with Crippen LogP contribution in [0.15, 0.2) is 36.5 Å². The van der Waals surface area contributed by atoms with E-state index in [9.17, 15) is 10.1 Å². The van der Waals surface area contributed by atoms with Crippen molar-refractivity contribution in [1.82, 2.24) is 14.5 Å². The van der Waals surface area contributed by atoms with Crippen LogP contribution in [0.4, 0.5) is 5.69 Å². The summed E-state index contributed by atoms with van der Waals surface area (Å²) in [6.07, 6.45) is 4.40. The van der Waals surface area contributed by atoms with Gasteiger partial charge in [0.1, 0.15) is 23.3 Å². The first-order valence-corrected chi connectivity index (χ1v) is 8.85. The molecule has 3 aromatic rings. The predicted octanol–water partition coefficient (Wildman–Crippen LogP) is 3.74. The lowest BCUT2D eigenvalue weighted by Gasteiger charge is -2.09. The third-order valence-electron chi connectivity index (χ3n) is 4.59. The lowest BCUT2D eigenvalue weighted by atomic mass is 10.1. The first-order chi connectivity index (χ1) is 12.6. The van der Waals surface area contributed by atoms with Crippen LogP contribution in [0.25, 0.3) is 11.2 Å². The Balaban J connectivity index is 1.68. The van der Waals surface area contributed by atoms with Gasteiger partial charge in [0.2, 0.25) is 0 Å². The van der Waals surface area contributed by atoms with Crippen LogP contribution in [0.5, 0.6) is 5.75 Å². The number of benzene rings is 1. The highest BCUT2D eigenvalue weighted by atomic mass is 16.6. The number of hydrogen-bond acceptors (Lipinski definition) is 5. The Hall–Kier alpha value is -2.96. The number of nitro groups is 1. The maximum absolute atomic E-state index is 11.0. The molecule has 2 heterocycles. The van der Waals surface area contributed by atoms with Crippen molar-refractivity contribution >= 4 is 16.9 Å². The van der Waals surface area contributed by atoms with Crippen molar-refractivity contribution < 1.29 is 9.66 Å². The Morgan fingerprint density at radius 3 is 2.73 bits per heavy atom. The normalized spacial score (nSPS) is 13.9. The zero-order chi connectivity index (χ0) is 18.1. The smallest absolute Gasteiger partial charge is 0.289 e. The summed E-state index contributed by atoms with van der Waals surface area (Å²) in [5.74, 6) is 2.40. The minimum atomic E-state index is -0.432. The zero-order valence-corrected chi connectivity index (χ0v) is 14.6. The Morgan fingerprint density at radius 2 is 2.08 bits per heavy atom. The van der Waals surface area contributed by atoms with Gasteiger partial charge >= 0.3 is 0 Å². The standard InChI is InChI=1S/C19H20N4O3/c1-2-26-16-7-5-13(6-8-16)9-18-21-17-10-15(23(24)25)11-20-19(17)22(18)12-14-3-4-14/h5-8,10-11,14H,2-4,9,12H2,1H3. The highest BCUT2D eigenvalue weighted by molar-refractivity contribution is 5.74. The van der Waals surface area contributed by atoms with Crippen molar-refractivity contribution in [2.45, 2.75) is 32.7 Å². The van der Waals surface area contributed by atoms with Crippen molar-refractivity contribution in [3.05, 3.63) is 58.0 Å². The molecule has 1 fully saturated rings. The molecule has 0 N–H and O–H groups in total. The molecular formula is C19H20N4O3. The number of fused-ring (bicyclic) bond motifs is 1.